The van der Waals surface area contributed by atoms with Crippen LogP contribution in [0.4, 0.5) is 0 Å². The third-order valence-corrected chi connectivity index (χ3v) is 8.37. The number of nitrogens with one attached hydrogen (secondary N) is 2. The first-order valence-corrected chi connectivity index (χ1v) is 14.1. The van der Waals surface area contributed by atoms with Gasteiger partial charge in [0.25, 0.3) is 5.88 Å². The second-order valence-electron chi connectivity index (χ2n) is 10.5. The van der Waals surface area contributed by atoms with Gasteiger partial charge in [0.05, 0.1) is 22.1 Å². The molecule has 0 radical (unpaired) electrons. The molecule has 0 spiro atoms. The molecular formula is C28H35N5O4S. The molecule has 2 aliphatic heterocycles. The highest BCUT2D eigenvalue weighted by molar-refractivity contribution is 7.13. The molecule has 3 atom stereocenters. The fourth-order valence-electron chi connectivity index (χ4n) is 5.10. The van der Waals surface area contributed by atoms with Crippen LogP contribution >= 0.6 is 11.3 Å². The van der Waals surface area contributed by atoms with E-state index in [1.165, 1.54) is 0 Å². The molecule has 2 fully saturated rings. The molecule has 10 heteroatoms. The largest absolute Gasteiger partial charge is 0.469 e. The van der Waals surface area contributed by atoms with E-state index < -0.39 is 12.0 Å². The van der Waals surface area contributed by atoms with Crippen LogP contribution < -0.4 is 15.4 Å². The summed E-state index contributed by atoms with van der Waals surface area (Å²) in [4.78, 5) is 34.3. The van der Waals surface area contributed by atoms with Crippen molar-refractivity contribution in [2.75, 3.05) is 19.6 Å². The Morgan fingerprint density at radius 2 is 1.97 bits per heavy atom. The maximum Gasteiger partial charge on any atom is 0.254 e. The van der Waals surface area contributed by atoms with E-state index in [0.717, 1.165) is 41.2 Å². The monoisotopic (exact) mass is 537 g/mol. The van der Waals surface area contributed by atoms with Gasteiger partial charge in [-0.2, -0.15) is 0 Å². The Bertz CT molecular complexity index is 1270. The zero-order chi connectivity index (χ0) is 26.8. The van der Waals surface area contributed by atoms with E-state index in [9.17, 15) is 9.59 Å². The molecule has 0 aliphatic carbocycles. The second-order valence-corrected chi connectivity index (χ2v) is 11.4. The van der Waals surface area contributed by atoms with Gasteiger partial charge in [0.1, 0.15) is 18.1 Å². The van der Waals surface area contributed by atoms with E-state index in [1.807, 2.05) is 45.3 Å². The number of hydrogen-bond donors (Lipinski definition) is 2. The molecule has 2 aromatic heterocycles. The minimum Gasteiger partial charge on any atom is -0.469 e. The number of nitrogens with zero attached hydrogens (tertiary/aromatic N) is 3. The van der Waals surface area contributed by atoms with Crippen molar-refractivity contribution >= 4 is 23.2 Å². The molecule has 202 valence electrons. The minimum atomic E-state index is -0.534. The average molecular weight is 538 g/mol. The Hall–Kier alpha value is -3.24. The van der Waals surface area contributed by atoms with Crippen molar-refractivity contribution in [1.82, 2.24) is 25.7 Å². The number of aromatic nitrogens is 2. The van der Waals surface area contributed by atoms with Crippen molar-refractivity contribution in [2.24, 2.45) is 5.92 Å². The number of benzene rings is 1. The summed E-state index contributed by atoms with van der Waals surface area (Å²) < 4.78 is 11.3. The van der Waals surface area contributed by atoms with Gasteiger partial charge >= 0.3 is 0 Å². The fraction of sp³-hybridized carbons (Fsp3) is 0.500. The fourth-order valence-corrected chi connectivity index (χ4v) is 5.91. The Kier molecular flexibility index (Phi) is 7.80. The van der Waals surface area contributed by atoms with Crippen LogP contribution in [0, 0.1) is 12.8 Å². The Balaban J connectivity index is 1.24. The first kappa shape index (κ1) is 26.4. The highest BCUT2D eigenvalue weighted by atomic mass is 32.1. The smallest absolute Gasteiger partial charge is 0.254 e. The molecule has 38 heavy (non-hydrogen) atoms. The third kappa shape index (κ3) is 5.47. The summed E-state index contributed by atoms with van der Waals surface area (Å²) in [6.07, 6.45) is 1.49. The molecule has 3 unspecified atom stereocenters. The lowest BCUT2D eigenvalue weighted by Crippen LogP contribution is -2.50. The Morgan fingerprint density at radius 1 is 1.21 bits per heavy atom. The van der Waals surface area contributed by atoms with E-state index in [2.05, 4.69) is 32.9 Å². The molecule has 1 aromatic carbocycles. The van der Waals surface area contributed by atoms with Gasteiger partial charge < -0.3 is 24.8 Å². The average Bonchev–Trinajstić information content (AvgIpc) is 3.62. The number of ether oxygens (including phenoxy) is 1. The van der Waals surface area contributed by atoms with E-state index in [0.29, 0.717) is 24.6 Å². The van der Waals surface area contributed by atoms with Crippen LogP contribution in [-0.2, 0) is 9.59 Å². The number of amides is 2. The lowest BCUT2D eigenvalue weighted by atomic mass is 9.91. The minimum absolute atomic E-state index is 0.0300. The second kappa shape index (κ2) is 11.2. The molecular weight excluding hydrogens is 502 g/mol. The van der Waals surface area contributed by atoms with Crippen LogP contribution in [0.1, 0.15) is 62.6 Å². The van der Waals surface area contributed by atoms with Gasteiger partial charge in [-0.1, -0.05) is 38.1 Å². The summed E-state index contributed by atoms with van der Waals surface area (Å²) in [5.74, 6) is 0.0643. The molecule has 9 nitrogen and oxygen atoms in total. The summed E-state index contributed by atoms with van der Waals surface area (Å²) in [5.41, 5.74) is 4.99. The quantitative estimate of drug-likeness (QED) is 0.424. The number of aryl methyl sites for hydroxylation is 1. The molecule has 3 aromatic rings. The van der Waals surface area contributed by atoms with Crippen molar-refractivity contribution in [3.8, 4) is 16.3 Å². The standard InChI is InChI=1S/C28H35N5O4S/c1-16(2)25(23-12-24(32-37-23)36-21-13-29-14-21)28(35)33-11-5-6-22(33)27(34)31-17(3)19-7-9-20(10-8-19)26-18(4)30-15-38-26/h7-10,12,15-17,21-22,25,29H,5-6,11,13-14H2,1-4H3,(H,31,34). The molecule has 2 N–H and O–H groups in total. The molecule has 2 saturated heterocycles. The van der Waals surface area contributed by atoms with E-state index in [4.69, 9.17) is 9.26 Å². The van der Waals surface area contributed by atoms with E-state index >= 15 is 0 Å². The number of carbonyl (C=O) groups is 2. The van der Waals surface area contributed by atoms with Crippen molar-refractivity contribution in [1.29, 1.82) is 0 Å². The van der Waals surface area contributed by atoms with Crippen molar-refractivity contribution in [2.45, 2.75) is 64.6 Å². The topological polar surface area (TPSA) is 110 Å². The van der Waals surface area contributed by atoms with E-state index in [-0.39, 0.29) is 29.9 Å². The summed E-state index contributed by atoms with van der Waals surface area (Å²) in [6.45, 7) is 10.0. The zero-order valence-electron chi connectivity index (χ0n) is 22.3. The van der Waals surface area contributed by atoms with Crippen molar-refractivity contribution in [3.63, 3.8) is 0 Å². The molecule has 5 rings (SSSR count). The number of rotatable bonds is 9. The van der Waals surface area contributed by atoms with Crippen molar-refractivity contribution < 1.29 is 18.8 Å². The predicted molar refractivity (Wildman–Crippen MR) is 145 cm³/mol. The van der Waals surface area contributed by atoms with Gasteiger partial charge in [-0.05, 0) is 48.9 Å². The van der Waals surface area contributed by atoms with Gasteiger partial charge in [-0.25, -0.2) is 4.98 Å². The van der Waals surface area contributed by atoms with Crippen LogP contribution in [0.25, 0.3) is 10.4 Å². The number of carbonyl (C=O) groups excluding carboxylic acids is 2. The third-order valence-electron chi connectivity index (χ3n) is 7.39. The van der Waals surface area contributed by atoms with Gasteiger partial charge in [0.2, 0.25) is 11.8 Å². The highest BCUT2D eigenvalue weighted by Gasteiger charge is 2.40. The van der Waals surface area contributed by atoms with Crippen molar-refractivity contribution in [3.05, 3.63) is 52.9 Å². The van der Waals surface area contributed by atoms with Crippen LogP contribution in [0.5, 0.6) is 5.88 Å². The first-order chi connectivity index (χ1) is 18.3. The van der Waals surface area contributed by atoms with Crippen LogP contribution in [-0.4, -0.2) is 58.6 Å². The first-order valence-electron chi connectivity index (χ1n) is 13.3. The molecule has 2 aliphatic rings. The zero-order valence-corrected chi connectivity index (χ0v) is 23.1. The normalized spacial score (nSPS) is 19.3. The lowest BCUT2D eigenvalue weighted by Gasteiger charge is -2.29. The number of likely N-dealkylation sites (tertiary alicyclic amines) is 1. The van der Waals surface area contributed by atoms with Crippen LogP contribution in [0.2, 0.25) is 0 Å². The maximum absolute atomic E-state index is 13.7. The van der Waals surface area contributed by atoms with Gasteiger partial charge in [0.15, 0.2) is 5.76 Å². The Morgan fingerprint density at radius 3 is 2.61 bits per heavy atom. The SMILES string of the molecule is Cc1ncsc1-c1ccc(C(C)NC(=O)C2CCCN2C(=O)C(c2cc(OC3CNC3)no2)C(C)C)cc1. The lowest BCUT2D eigenvalue weighted by molar-refractivity contribution is -0.141. The van der Waals surface area contributed by atoms with Crippen LogP contribution in [0.3, 0.4) is 0 Å². The highest BCUT2D eigenvalue weighted by Crippen LogP contribution is 2.33. The summed E-state index contributed by atoms with van der Waals surface area (Å²) >= 11 is 1.62. The molecule has 4 heterocycles. The molecule has 2 amide bonds. The summed E-state index contributed by atoms with van der Waals surface area (Å²) in [6, 6.07) is 9.22. The molecule has 0 saturated carbocycles. The van der Waals surface area contributed by atoms with Gasteiger partial charge in [-0.3, -0.25) is 9.59 Å². The maximum atomic E-state index is 13.7. The van der Waals surface area contributed by atoms with Gasteiger partial charge in [0, 0.05) is 25.7 Å². The van der Waals surface area contributed by atoms with Gasteiger partial charge in [-0.15, -0.1) is 11.3 Å². The van der Waals surface area contributed by atoms with E-state index in [1.54, 1.807) is 22.3 Å². The van der Waals surface area contributed by atoms with Crippen LogP contribution in [0.15, 0.2) is 40.4 Å². The number of thiazole rings is 1. The summed E-state index contributed by atoms with van der Waals surface area (Å²) in [5, 5.41) is 10.3. The summed E-state index contributed by atoms with van der Waals surface area (Å²) in [7, 11) is 0. The predicted octanol–water partition coefficient (Wildman–Crippen LogP) is 4.07. The molecule has 0 bridgehead atoms. The Labute approximate surface area is 226 Å². The number of hydrogen-bond acceptors (Lipinski definition) is 8.